The maximum atomic E-state index is 12.3. The molecule has 1 aromatic carbocycles. The van der Waals surface area contributed by atoms with Crippen LogP contribution in [0.2, 0.25) is 0 Å². The van der Waals surface area contributed by atoms with Gasteiger partial charge in [0.05, 0.1) is 18.7 Å². The summed E-state index contributed by atoms with van der Waals surface area (Å²) in [6, 6.07) is 3.58. The van der Waals surface area contributed by atoms with Gasteiger partial charge >= 0.3 is 18.9 Å². The number of carbonyl (C=O) groups excluding carboxylic acids is 1. The van der Waals surface area contributed by atoms with E-state index in [4.69, 9.17) is 9.47 Å². The Labute approximate surface area is 138 Å². The summed E-state index contributed by atoms with van der Waals surface area (Å²) in [6.07, 6.45) is 1.30. The average Bonchev–Trinajstić information content (AvgIpc) is 2.35. The van der Waals surface area contributed by atoms with Crippen molar-refractivity contribution < 1.29 is 34.6 Å². The van der Waals surface area contributed by atoms with E-state index in [2.05, 4.69) is 32.1 Å². The first-order chi connectivity index (χ1) is 8.51. The van der Waals surface area contributed by atoms with Crippen LogP contribution in [0.4, 0.5) is 0 Å². The quantitative estimate of drug-likeness (QED) is 0.437. The van der Waals surface area contributed by atoms with Crippen LogP contribution in [0.3, 0.4) is 0 Å². The molecule has 3 nitrogen and oxygen atoms in total. The Bertz CT molecular complexity index is 444. The fourth-order valence-electron chi connectivity index (χ4n) is 1.66. The molecule has 0 heterocycles. The Balaban J connectivity index is 0. The van der Waals surface area contributed by atoms with Crippen molar-refractivity contribution in [3.63, 3.8) is 0 Å². The summed E-state index contributed by atoms with van der Waals surface area (Å²) in [5, 5.41) is 0. The number of ketones is 1. The molecule has 0 fully saturated rings. The smallest absolute Gasteiger partial charge is 1.00 e. The summed E-state index contributed by atoms with van der Waals surface area (Å²) in [5.74, 6) is 1.13. The van der Waals surface area contributed by atoms with Crippen LogP contribution in [-0.4, -0.2) is 25.7 Å². The zero-order valence-corrected chi connectivity index (χ0v) is 14.6. The van der Waals surface area contributed by atoms with Crippen molar-refractivity contribution in [1.29, 1.82) is 0 Å². The summed E-state index contributed by atoms with van der Waals surface area (Å²) in [5.41, 5.74) is 0.929. The number of benzene rings is 1. The summed E-state index contributed by atoms with van der Waals surface area (Å²) >= 11 is 3.38. The van der Waals surface area contributed by atoms with Gasteiger partial charge in [0.2, 0.25) is 0 Å². The summed E-state index contributed by atoms with van der Waals surface area (Å²) in [6.45, 7) is 2.06. The molecule has 0 aliphatic rings. The van der Waals surface area contributed by atoms with E-state index in [1.54, 1.807) is 20.3 Å². The van der Waals surface area contributed by atoms with Crippen molar-refractivity contribution in [1.82, 2.24) is 0 Å². The number of ether oxygens (including phenoxy) is 2. The van der Waals surface area contributed by atoms with Crippen LogP contribution in [0.25, 0.3) is 0 Å². The number of carbonyl (C=O) groups is 1. The molecule has 0 amide bonds. The molecule has 2 atom stereocenters. The molecule has 0 aliphatic carbocycles. The van der Waals surface area contributed by atoms with E-state index in [9.17, 15) is 4.79 Å². The fourth-order valence-corrected chi connectivity index (χ4v) is 2.32. The minimum atomic E-state index is 0. The number of hydrogen-bond acceptors (Lipinski definition) is 3. The van der Waals surface area contributed by atoms with Gasteiger partial charge in [-0.2, -0.15) is 0 Å². The molecule has 0 spiro atoms. The molecular weight excluding hydrogens is 322 g/mol. The van der Waals surface area contributed by atoms with Crippen LogP contribution >= 0.6 is 25.2 Å². The van der Waals surface area contributed by atoms with Crippen molar-refractivity contribution in [2.24, 2.45) is 0 Å². The van der Waals surface area contributed by atoms with Crippen LogP contribution in [0.1, 0.15) is 31.6 Å². The SMILES string of the molecule is COc1ccc(Br)c(OC)c1C(=O)CCC(C)P.[H-].[Li+]. The molecule has 0 N–H and O–H groups in total. The second-order valence-electron chi connectivity index (χ2n) is 4.10. The summed E-state index contributed by atoms with van der Waals surface area (Å²) in [7, 11) is 5.80. The van der Waals surface area contributed by atoms with E-state index < -0.39 is 0 Å². The van der Waals surface area contributed by atoms with Gasteiger partial charge in [0.15, 0.2) is 5.78 Å². The standard InChI is InChI=1S/C13H18BrO3P.Li.H/c1-8(18)4-6-10(15)12-11(16-2)7-5-9(14)13(12)17-3;;/h5,7-8H,4,6,18H2,1-3H3;;/q;+1;-1. The zero-order chi connectivity index (χ0) is 13.7. The minimum absolute atomic E-state index is 0. The molecule has 6 heteroatoms. The van der Waals surface area contributed by atoms with Gasteiger partial charge in [0, 0.05) is 6.42 Å². The number of hydrogen-bond donors (Lipinski definition) is 0. The van der Waals surface area contributed by atoms with Crippen molar-refractivity contribution in [2.45, 2.75) is 25.4 Å². The molecule has 0 saturated heterocycles. The molecule has 19 heavy (non-hydrogen) atoms. The molecule has 0 radical (unpaired) electrons. The van der Waals surface area contributed by atoms with Crippen molar-refractivity contribution in [3.05, 3.63) is 22.2 Å². The number of Topliss-reactive ketones (excluding diaryl/α,β-unsaturated/α-hetero) is 1. The maximum Gasteiger partial charge on any atom is 1.00 e. The van der Waals surface area contributed by atoms with Gasteiger partial charge in [-0.15, -0.1) is 9.24 Å². The Kier molecular flexibility index (Phi) is 9.03. The molecule has 0 bridgehead atoms. The maximum absolute atomic E-state index is 12.3. The molecule has 102 valence electrons. The van der Waals surface area contributed by atoms with E-state index in [1.165, 1.54) is 0 Å². The van der Waals surface area contributed by atoms with E-state index in [-0.39, 0.29) is 26.1 Å². The summed E-state index contributed by atoms with van der Waals surface area (Å²) in [4.78, 5) is 12.3. The fraction of sp³-hybridized carbons (Fsp3) is 0.462. The van der Waals surface area contributed by atoms with Crippen molar-refractivity contribution in [3.8, 4) is 11.5 Å². The molecular formula is C13H19BrLiO3P. The summed E-state index contributed by atoms with van der Waals surface area (Å²) < 4.78 is 11.3. The Hall–Kier alpha value is -0.00260. The molecule has 2 unspecified atom stereocenters. The van der Waals surface area contributed by atoms with Gasteiger partial charge in [0.25, 0.3) is 0 Å². The second-order valence-corrected chi connectivity index (χ2v) is 6.09. The predicted octanol–water partition coefficient (Wildman–Crippen LogP) is 0.809. The molecule has 0 aromatic heterocycles. The van der Waals surface area contributed by atoms with Gasteiger partial charge in [-0.1, -0.05) is 6.92 Å². The molecule has 1 aromatic rings. The largest absolute Gasteiger partial charge is 1.00 e. The van der Waals surface area contributed by atoms with E-state index >= 15 is 0 Å². The Morgan fingerprint density at radius 2 is 2.05 bits per heavy atom. The topological polar surface area (TPSA) is 35.5 Å². The number of rotatable bonds is 6. The van der Waals surface area contributed by atoms with Gasteiger partial charge < -0.3 is 10.9 Å². The molecule has 0 saturated carbocycles. The van der Waals surface area contributed by atoms with Crippen LogP contribution in [0.15, 0.2) is 16.6 Å². The third kappa shape index (κ3) is 5.12. The van der Waals surface area contributed by atoms with Crippen LogP contribution < -0.4 is 28.3 Å². The first-order valence-corrected chi connectivity index (χ1v) is 7.16. The van der Waals surface area contributed by atoms with E-state index in [0.29, 0.717) is 29.1 Å². The van der Waals surface area contributed by atoms with E-state index in [1.807, 2.05) is 6.07 Å². The van der Waals surface area contributed by atoms with Crippen LogP contribution in [0, 0.1) is 0 Å². The Morgan fingerprint density at radius 3 is 2.53 bits per heavy atom. The number of halogens is 1. The molecule has 0 aliphatic heterocycles. The normalized spacial score (nSPS) is 11.4. The third-order valence-electron chi connectivity index (χ3n) is 2.60. The van der Waals surface area contributed by atoms with Gasteiger partial charge in [-0.3, -0.25) is 4.79 Å². The molecule has 1 rings (SSSR count). The van der Waals surface area contributed by atoms with E-state index in [0.717, 1.165) is 10.9 Å². The van der Waals surface area contributed by atoms with Gasteiger partial charge in [-0.05, 0) is 40.1 Å². The number of methoxy groups -OCH3 is 2. The second kappa shape index (κ2) is 9.03. The van der Waals surface area contributed by atoms with Crippen molar-refractivity contribution >= 4 is 31.0 Å². The Morgan fingerprint density at radius 1 is 1.42 bits per heavy atom. The first-order valence-electron chi connectivity index (χ1n) is 5.70. The average molecular weight is 341 g/mol. The first kappa shape index (κ1) is 19.0. The van der Waals surface area contributed by atoms with Crippen LogP contribution in [-0.2, 0) is 0 Å². The van der Waals surface area contributed by atoms with Crippen molar-refractivity contribution in [2.75, 3.05) is 14.2 Å². The monoisotopic (exact) mass is 340 g/mol. The predicted molar refractivity (Wildman–Crippen MR) is 81.1 cm³/mol. The minimum Gasteiger partial charge on any atom is -1.00 e. The van der Waals surface area contributed by atoms with Gasteiger partial charge in [0.1, 0.15) is 17.1 Å². The van der Waals surface area contributed by atoms with Crippen LogP contribution in [0.5, 0.6) is 11.5 Å². The van der Waals surface area contributed by atoms with Gasteiger partial charge in [-0.25, -0.2) is 0 Å². The third-order valence-corrected chi connectivity index (χ3v) is 3.56. The zero-order valence-electron chi connectivity index (χ0n) is 12.8.